The molecule has 5 aromatic carbocycles. The molecular weight excluding hydrogens is 406 g/mol. The van der Waals surface area contributed by atoms with E-state index in [2.05, 4.69) is 127 Å². The monoisotopic (exact) mass is 427 g/mol. The number of benzene rings is 5. The molecule has 0 amide bonds. The fraction of sp³-hybridized carbons (Fsp3) is 0. The lowest BCUT2D eigenvalue weighted by Gasteiger charge is -2.13. The summed E-state index contributed by atoms with van der Waals surface area (Å²) in [6, 6.07) is 43.0. The lowest BCUT2D eigenvalue weighted by atomic mass is 10.0. The molecule has 0 saturated heterocycles. The van der Waals surface area contributed by atoms with Crippen molar-refractivity contribution in [2.24, 2.45) is 0 Å². The van der Waals surface area contributed by atoms with Gasteiger partial charge in [-0.1, -0.05) is 97.1 Å². The summed E-state index contributed by atoms with van der Waals surface area (Å²) in [5.41, 5.74) is 7.11. The largest absolute Gasteiger partial charge is 0.355 e. The first kappa shape index (κ1) is 18.9. The average molecular weight is 428 g/mol. The number of rotatable bonds is 4. The van der Waals surface area contributed by atoms with E-state index < -0.39 is 0 Å². The summed E-state index contributed by atoms with van der Waals surface area (Å²) in [7, 11) is 0. The maximum absolute atomic E-state index is 3.66. The summed E-state index contributed by atoms with van der Waals surface area (Å²) >= 11 is 1.87. The zero-order chi connectivity index (χ0) is 21.3. The Balaban J connectivity index is 1.42. The molecule has 0 radical (unpaired) electrons. The minimum absolute atomic E-state index is 1.09. The Bertz CT molecular complexity index is 1550. The topological polar surface area (TPSA) is 12.0 Å². The van der Waals surface area contributed by atoms with Crippen molar-refractivity contribution in [3.8, 4) is 22.3 Å². The predicted molar refractivity (Wildman–Crippen MR) is 140 cm³/mol. The normalized spacial score (nSPS) is 11.1. The second kappa shape index (κ2) is 7.99. The van der Waals surface area contributed by atoms with Crippen molar-refractivity contribution in [3.05, 3.63) is 121 Å². The molecule has 0 aliphatic rings. The van der Waals surface area contributed by atoms with Crippen molar-refractivity contribution in [2.45, 2.75) is 0 Å². The van der Waals surface area contributed by atoms with Crippen LogP contribution in [0.2, 0.25) is 0 Å². The number of hydrogen-bond acceptors (Lipinski definition) is 2. The minimum Gasteiger partial charge on any atom is -0.355 e. The van der Waals surface area contributed by atoms with Gasteiger partial charge in [0.2, 0.25) is 0 Å². The zero-order valence-electron chi connectivity index (χ0n) is 17.5. The molecular formula is C30H21NS. The molecule has 32 heavy (non-hydrogen) atoms. The van der Waals surface area contributed by atoms with E-state index in [-0.39, 0.29) is 0 Å². The second-order valence-electron chi connectivity index (χ2n) is 7.90. The fourth-order valence-corrected chi connectivity index (χ4v) is 5.59. The molecule has 0 unspecified atom stereocenters. The van der Waals surface area contributed by atoms with Gasteiger partial charge < -0.3 is 5.32 Å². The Kier molecular flexibility index (Phi) is 4.71. The van der Waals surface area contributed by atoms with E-state index in [4.69, 9.17) is 0 Å². The summed E-state index contributed by atoms with van der Waals surface area (Å²) in [6.07, 6.45) is 0. The highest BCUT2D eigenvalue weighted by atomic mass is 32.1. The molecule has 1 heterocycles. The highest BCUT2D eigenvalue weighted by Gasteiger charge is 2.11. The molecule has 6 aromatic rings. The molecule has 0 atom stereocenters. The number of thiophene rings is 1. The van der Waals surface area contributed by atoms with E-state index >= 15 is 0 Å². The van der Waals surface area contributed by atoms with Gasteiger partial charge in [-0.3, -0.25) is 0 Å². The van der Waals surface area contributed by atoms with Crippen LogP contribution >= 0.6 is 11.3 Å². The summed E-state index contributed by atoms with van der Waals surface area (Å²) < 4.78 is 2.68. The van der Waals surface area contributed by atoms with Gasteiger partial charge in [-0.15, -0.1) is 11.3 Å². The Labute approximate surface area is 191 Å². The lowest BCUT2D eigenvalue weighted by molar-refractivity contribution is 1.53. The molecule has 1 N–H and O–H groups in total. The Morgan fingerprint density at radius 3 is 2.12 bits per heavy atom. The van der Waals surface area contributed by atoms with E-state index in [0.29, 0.717) is 0 Å². The van der Waals surface area contributed by atoms with E-state index in [1.54, 1.807) is 0 Å². The van der Waals surface area contributed by atoms with Crippen LogP contribution in [-0.2, 0) is 0 Å². The third-order valence-corrected chi connectivity index (χ3v) is 7.09. The van der Waals surface area contributed by atoms with Gasteiger partial charge in [0.1, 0.15) is 0 Å². The quantitative estimate of drug-likeness (QED) is 0.296. The van der Waals surface area contributed by atoms with Crippen molar-refractivity contribution >= 4 is 42.9 Å². The summed E-state index contributed by atoms with van der Waals surface area (Å²) in [5, 5.41) is 6.32. The number of nitrogens with one attached hydrogen (secondary N) is 1. The van der Waals surface area contributed by atoms with Gasteiger partial charge in [-0.05, 0) is 41.0 Å². The first-order valence-corrected chi connectivity index (χ1v) is 11.6. The van der Waals surface area contributed by atoms with Crippen LogP contribution in [0.1, 0.15) is 0 Å². The smallest absolute Gasteiger partial charge is 0.0463 e. The van der Waals surface area contributed by atoms with Crippen molar-refractivity contribution in [1.29, 1.82) is 0 Å². The Morgan fingerprint density at radius 2 is 1.19 bits per heavy atom. The standard InChI is InChI=1S/C30H21NS/c1-2-10-21(11-3-1)24-14-4-6-18-28(24)31-23-13-8-12-22(20-23)25-16-9-17-27-26-15-5-7-19-29(26)32-30(25)27/h1-20,31H. The van der Waals surface area contributed by atoms with E-state index in [1.165, 1.54) is 42.4 Å². The van der Waals surface area contributed by atoms with Crippen molar-refractivity contribution in [2.75, 3.05) is 5.32 Å². The van der Waals surface area contributed by atoms with Crippen LogP contribution in [0.25, 0.3) is 42.4 Å². The SMILES string of the molecule is c1ccc(-c2ccccc2Nc2cccc(-c3cccc4c3sc3ccccc34)c2)cc1. The molecule has 1 aromatic heterocycles. The van der Waals surface area contributed by atoms with Crippen LogP contribution in [0.15, 0.2) is 121 Å². The lowest BCUT2D eigenvalue weighted by Crippen LogP contribution is -1.93. The van der Waals surface area contributed by atoms with Crippen LogP contribution in [-0.4, -0.2) is 0 Å². The number of fused-ring (bicyclic) bond motifs is 3. The van der Waals surface area contributed by atoms with Crippen molar-refractivity contribution < 1.29 is 0 Å². The summed E-state index contributed by atoms with van der Waals surface area (Å²) in [5.74, 6) is 0. The van der Waals surface area contributed by atoms with E-state index in [9.17, 15) is 0 Å². The maximum atomic E-state index is 3.66. The van der Waals surface area contributed by atoms with Crippen LogP contribution in [0.5, 0.6) is 0 Å². The van der Waals surface area contributed by atoms with Crippen LogP contribution < -0.4 is 5.32 Å². The Hall–Kier alpha value is -3.88. The van der Waals surface area contributed by atoms with Crippen molar-refractivity contribution in [3.63, 3.8) is 0 Å². The van der Waals surface area contributed by atoms with Gasteiger partial charge in [-0.25, -0.2) is 0 Å². The minimum atomic E-state index is 1.09. The molecule has 0 aliphatic carbocycles. The first-order chi connectivity index (χ1) is 15.9. The number of para-hydroxylation sites is 1. The fourth-order valence-electron chi connectivity index (χ4n) is 4.36. The number of hydrogen-bond donors (Lipinski definition) is 1. The molecule has 0 bridgehead atoms. The molecule has 0 aliphatic heterocycles. The third kappa shape index (κ3) is 3.35. The highest BCUT2D eigenvalue weighted by molar-refractivity contribution is 7.26. The summed E-state index contributed by atoms with van der Waals surface area (Å²) in [6.45, 7) is 0. The van der Waals surface area contributed by atoms with Crippen molar-refractivity contribution in [1.82, 2.24) is 0 Å². The second-order valence-corrected chi connectivity index (χ2v) is 8.95. The molecule has 0 saturated carbocycles. The molecule has 0 spiro atoms. The van der Waals surface area contributed by atoms with E-state index in [0.717, 1.165) is 11.4 Å². The highest BCUT2D eigenvalue weighted by Crippen LogP contribution is 2.40. The molecule has 0 fully saturated rings. The first-order valence-electron chi connectivity index (χ1n) is 10.8. The molecule has 152 valence electrons. The van der Waals surface area contributed by atoms with Crippen LogP contribution in [0, 0.1) is 0 Å². The van der Waals surface area contributed by atoms with Crippen LogP contribution in [0.3, 0.4) is 0 Å². The van der Waals surface area contributed by atoms with Gasteiger partial charge in [0.15, 0.2) is 0 Å². The maximum Gasteiger partial charge on any atom is 0.0463 e. The van der Waals surface area contributed by atoms with Gasteiger partial charge in [0.25, 0.3) is 0 Å². The van der Waals surface area contributed by atoms with Crippen LogP contribution in [0.4, 0.5) is 11.4 Å². The third-order valence-electron chi connectivity index (χ3n) is 5.87. The zero-order valence-corrected chi connectivity index (χ0v) is 18.3. The molecule has 6 rings (SSSR count). The van der Waals surface area contributed by atoms with Gasteiger partial charge in [0.05, 0.1) is 0 Å². The Morgan fingerprint density at radius 1 is 0.500 bits per heavy atom. The number of anilines is 2. The molecule has 1 nitrogen and oxygen atoms in total. The van der Waals surface area contributed by atoms with Gasteiger partial charge in [0, 0.05) is 37.1 Å². The molecule has 2 heteroatoms. The predicted octanol–water partition coefficient (Wildman–Crippen LogP) is 9.13. The van der Waals surface area contributed by atoms with Gasteiger partial charge in [-0.2, -0.15) is 0 Å². The average Bonchev–Trinajstić information content (AvgIpc) is 3.24. The van der Waals surface area contributed by atoms with Gasteiger partial charge >= 0.3 is 0 Å². The summed E-state index contributed by atoms with van der Waals surface area (Å²) in [4.78, 5) is 0. The van der Waals surface area contributed by atoms with E-state index in [1.807, 2.05) is 11.3 Å².